The van der Waals surface area contributed by atoms with Crippen LogP contribution in [0, 0.1) is 0 Å². The Bertz CT molecular complexity index is 1270. The summed E-state index contributed by atoms with van der Waals surface area (Å²) in [4.78, 5) is 15.7. The largest absolute Gasteiger partial charge is 0.478 e. The number of pyridine rings is 1. The minimum absolute atomic E-state index is 0.241. The van der Waals surface area contributed by atoms with Gasteiger partial charge in [-0.25, -0.2) is 13.3 Å². The van der Waals surface area contributed by atoms with Crippen LogP contribution in [0.1, 0.15) is 21.5 Å². The first-order chi connectivity index (χ1) is 15.0. The molecule has 0 aliphatic rings. The summed E-state index contributed by atoms with van der Waals surface area (Å²) in [6.45, 7) is 0. The highest BCUT2D eigenvalue weighted by Gasteiger charge is 2.21. The number of anilines is 2. The summed E-state index contributed by atoms with van der Waals surface area (Å²) in [5.74, 6) is -0.965. The highest BCUT2D eigenvalue weighted by Crippen LogP contribution is 2.34. The number of hydrogen-bond donors (Lipinski definition) is 2. The van der Waals surface area contributed by atoms with E-state index < -0.39 is 17.2 Å². The van der Waals surface area contributed by atoms with Crippen molar-refractivity contribution in [1.29, 1.82) is 0 Å². The molecule has 1 atom stereocenters. The highest BCUT2D eigenvalue weighted by molar-refractivity contribution is 7.81. The van der Waals surface area contributed by atoms with Crippen LogP contribution in [0.5, 0.6) is 0 Å². The third kappa shape index (κ3) is 4.47. The predicted octanol–water partition coefficient (Wildman–Crippen LogP) is 4.99. The molecule has 2 N–H and O–H groups in total. The molecule has 0 radical (unpaired) electrons. The molecule has 0 fully saturated rings. The van der Waals surface area contributed by atoms with E-state index in [1.807, 2.05) is 48.5 Å². The van der Waals surface area contributed by atoms with Gasteiger partial charge in [0, 0.05) is 11.6 Å². The molecule has 3 aromatic carbocycles. The fourth-order valence-electron chi connectivity index (χ4n) is 3.61. The molecular formula is C24H20N2O4S. The Kier molecular flexibility index (Phi) is 6.06. The van der Waals surface area contributed by atoms with Gasteiger partial charge in [0.1, 0.15) is 0 Å². The molecule has 0 aliphatic carbocycles. The number of rotatable bonds is 7. The topological polar surface area (TPSA) is 90.7 Å². The maximum atomic E-state index is 12.4. The zero-order chi connectivity index (χ0) is 21.8. The van der Waals surface area contributed by atoms with Crippen molar-refractivity contribution in [2.75, 3.05) is 4.31 Å². The van der Waals surface area contributed by atoms with Gasteiger partial charge in [-0.15, -0.1) is 0 Å². The summed E-state index contributed by atoms with van der Waals surface area (Å²) in [6, 6.07) is 23.5. The average Bonchev–Trinajstić information content (AvgIpc) is 2.79. The number of carboxylic acid groups (broad SMARTS) is 1. The van der Waals surface area contributed by atoms with Crippen molar-refractivity contribution in [1.82, 2.24) is 4.98 Å². The Morgan fingerprint density at radius 3 is 2.45 bits per heavy atom. The zero-order valence-electron chi connectivity index (χ0n) is 16.5. The molecule has 1 heterocycles. The van der Waals surface area contributed by atoms with E-state index >= 15 is 0 Å². The molecule has 1 unspecified atom stereocenters. The van der Waals surface area contributed by atoms with Crippen molar-refractivity contribution in [3.05, 3.63) is 102 Å². The van der Waals surface area contributed by atoms with Gasteiger partial charge in [0.15, 0.2) is 0 Å². The van der Waals surface area contributed by atoms with E-state index in [0.29, 0.717) is 29.7 Å². The maximum absolute atomic E-state index is 12.4. The van der Waals surface area contributed by atoms with Gasteiger partial charge >= 0.3 is 5.97 Å². The third-order valence-corrected chi connectivity index (χ3v) is 5.76. The molecule has 7 heteroatoms. The quantitative estimate of drug-likeness (QED) is 0.401. The highest BCUT2D eigenvalue weighted by atomic mass is 32.2. The Morgan fingerprint density at radius 1 is 0.903 bits per heavy atom. The van der Waals surface area contributed by atoms with Gasteiger partial charge in [-0.2, -0.15) is 0 Å². The summed E-state index contributed by atoms with van der Waals surface area (Å²) in [6.07, 6.45) is 2.83. The summed E-state index contributed by atoms with van der Waals surface area (Å²) >= 11 is -2.31. The number of nitrogens with zero attached hydrogens (tertiary/aromatic N) is 2. The van der Waals surface area contributed by atoms with Crippen molar-refractivity contribution in [2.45, 2.75) is 12.8 Å². The van der Waals surface area contributed by atoms with Gasteiger partial charge in [0.05, 0.1) is 22.5 Å². The lowest BCUT2D eigenvalue weighted by atomic mass is 10.0. The number of carbonyl (C=O) groups is 1. The second-order valence-electron chi connectivity index (χ2n) is 7.01. The number of hydrogen-bond acceptors (Lipinski definition) is 3. The second kappa shape index (κ2) is 9.07. The third-order valence-electron chi connectivity index (χ3n) is 5.05. The van der Waals surface area contributed by atoms with E-state index in [-0.39, 0.29) is 5.56 Å². The van der Waals surface area contributed by atoms with Crippen LogP contribution in [0.25, 0.3) is 10.9 Å². The molecule has 0 bridgehead atoms. The summed E-state index contributed by atoms with van der Waals surface area (Å²) < 4.78 is 24.0. The molecule has 0 saturated heterocycles. The SMILES string of the molecule is O=C(O)c1cccc(CCc2ccccc2N(c2cccc3cccnc23)S(=O)O)c1. The van der Waals surface area contributed by atoms with Crippen LogP contribution >= 0.6 is 0 Å². The van der Waals surface area contributed by atoms with Crippen LogP contribution in [0.3, 0.4) is 0 Å². The minimum atomic E-state index is -2.31. The Labute approximate surface area is 182 Å². The van der Waals surface area contributed by atoms with Gasteiger partial charge < -0.3 is 5.11 Å². The normalized spacial score (nSPS) is 11.9. The monoisotopic (exact) mass is 432 g/mol. The average molecular weight is 433 g/mol. The lowest BCUT2D eigenvalue weighted by Gasteiger charge is -2.24. The molecule has 6 nitrogen and oxygen atoms in total. The van der Waals surface area contributed by atoms with Gasteiger partial charge in [0.25, 0.3) is 11.3 Å². The molecule has 4 rings (SSSR count). The number of aryl methyl sites for hydroxylation is 2. The van der Waals surface area contributed by atoms with Crippen LogP contribution in [0.2, 0.25) is 0 Å². The molecule has 0 aliphatic heterocycles. The van der Waals surface area contributed by atoms with Crippen molar-refractivity contribution in [3.8, 4) is 0 Å². The van der Waals surface area contributed by atoms with E-state index in [1.54, 1.807) is 36.5 Å². The van der Waals surface area contributed by atoms with Crippen molar-refractivity contribution >= 4 is 39.5 Å². The molecule has 156 valence electrons. The molecule has 1 aromatic heterocycles. The van der Waals surface area contributed by atoms with E-state index in [4.69, 9.17) is 0 Å². The van der Waals surface area contributed by atoms with Crippen LogP contribution in [0.15, 0.2) is 85.1 Å². The maximum Gasteiger partial charge on any atom is 0.335 e. The van der Waals surface area contributed by atoms with E-state index in [1.165, 1.54) is 4.31 Å². The molecule has 0 spiro atoms. The Hall–Kier alpha value is -3.55. The number of aromatic nitrogens is 1. The van der Waals surface area contributed by atoms with Gasteiger partial charge in [-0.3, -0.25) is 9.54 Å². The smallest absolute Gasteiger partial charge is 0.335 e. The van der Waals surface area contributed by atoms with Crippen molar-refractivity contribution < 1.29 is 18.7 Å². The van der Waals surface area contributed by atoms with Gasteiger partial charge in [-0.1, -0.05) is 48.5 Å². The van der Waals surface area contributed by atoms with Crippen molar-refractivity contribution in [3.63, 3.8) is 0 Å². The molecule has 0 amide bonds. The van der Waals surface area contributed by atoms with E-state index in [9.17, 15) is 18.7 Å². The lowest BCUT2D eigenvalue weighted by Crippen LogP contribution is -2.21. The van der Waals surface area contributed by atoms with Crippen LogP contribution in [0.4, 0.5) is 11.4 Å². The predicted molar refractivity (Wildman–Crippen MR) is 122 cm³/mol. The van der Waals surface area contributed by atoms with Crippen LogP contribution in [-0.2, 0) is 24.1 Å². The molecule has 31 heavy (non-hydrogen) atoms. The Balaban J connectivity index is 1.71. The van der Waals surface area contributed by atoms with Crippen LogP contribution < -0.4 is 4.31 Å². The molecular weight excluding hydrogens is 412 g/mol. The first-order valence-corrected chi connectivity index (χ1v) is 10.8. The standard InChI is InChI=1S/C24H20N2O4S/c27-24(28)20-9-3-6-17(16-20)13-14-18-7-1-2-11-21(18)26(31(29)30)22-12-4-8-19-10-5-15-25-23(19)22/h1-12,15-16H,13-14H2,(H,27,28)(H,29,30). The van der Waals surface area contributed by atoms with Crippen molar-refractivity contribution in [2.24, 2.45) is 0 Å². The number of benzene rings is 3. The lowest BCUT2D eigenvalue weighted by molar-refractivity contribution is 0.0696. The zero-order valence-corrected chi connectivity index (χ0v) is 17.3. The Morgan fingerprint density at radius 2 is 1.65 bits per heavy atom. The molecule has 4 aromatic rings. The van der Waals surface area contributed by atoms with E-state index in [0.717, 1.165) is 16.5 Å². The second-order valence-corrected chi connectivity index (χ2v) is 7.84. The van der Waals surface area contributed by atoms with E-state index in [2.05, 4.69) is 4.98 Å². The molecule has 0 saturated carbocycles. The number of para-hydroxylation sites is 2. The minimum Gasteiger partial charge on any atom is -0.478 e. The van der Waals surface area contributed by atoms with Crippen LogP contribution in [-0.4, -0.2) is 24.8 Å². The summed E-state index contributed by atoms with van der Waals surface area (Å²) in [5, 5.41) is 10.1. The fraction of sp³-hybridized carbons (Fsp3) is 0.0833. The first kappa shape index (κ1) is 20.7. The fourth-order valence-corrected chi connectivity index (χ4v) is 4.27. The number of aromatic carboxylic acids is 1. The van der Waals surface area contributed by atoms with Gasteiger partial charge in [0.2, 0.25) is 0 Å². The first-order valence-electron chi connectivity index (χ1n) is 9.69. The summed E-state index contributed by atoms with van der Waals surface area (Å²) in [5.41, 5.74) is 3.79. The summed E-state index contributed by atoms with van der Waals surface area (Å²) in [7, 11) is 0. The number of fused-ring (bicyclic) bond motifs is 1. The van der Waals surface area contributed by atoms with Gasteiger partial charge in [-0.05, 0) is 54.3 Å². The number of carboxylic acids is 1.